The van der Waals surface area contributed by atoms with Crippen molar-refractivity contribution in [1.82, 2.24) is 5.32 Å². The molecule has 0 heterocycles. The monoisotopic (exact) mass is 223 g/mol. The van der Waals surface area contributed by atoms with E-state index < -0.39 is 0 Å². The summed E-state index contributed by atoms with van der Waals surface area (Å²) in [5.74, 6) is 0. The van der Waals surface area contributed by atoms with Crippen molar-refractivity contribution in [3.8, 4) is 0 Å². The van der Waals surface area contributed by atoms with Crippen LogP contribution in [0.25, 0.3) is 0 Å². The van der Waals surface area contributed by atoms with E-state index in [1.54, 1.807) is 7.11 Å². The summed E-state index contributed by atoms with van der Waals surface area (Å²) < 4.78 is 5.18. The third-order valence-electron chi connectivity index (χ3n) is 2.49. The molecule has 2 N–H and O–H groups in total. The standard InChI is InChI=1S/C13H21NO2/c1-11(9-15)14-13(10-16-2)8-12-6-4-3-5-7-12/h3-7,11,13-15H,8-10H2,1-2H3. The van der Waals surface area contributed by atoms with E-state index in [1.165, 1.54) is 5.56 Å². The van der Waals surface area contributed by atoms with E-state index in [-0.39, 0.29) is 18.7 Å². The predicted molar refractivity (Wildman–Crippen MR) is 65.5 cm³/mol. The summed E-state index contributed by atoms with van der Waals surface area (Å²) in [6.07, 6.45) is 0.916. The van der Waals surface area contributed by atoms with Crippen molar-refractivity contribution < 1.29 is 9.84 Å². The molecule has 0 aliphatic heterocycles. The van der Waals surface area contributed by atoms with Gasteiger partial charge >= 0.3 is 0 Å². The maximum atomic E-state index is 9.01. The highest BCUT2D eigenvalue weighted by atomic mass is 16.5. The Labute approximate surface area is 97.4 Å². The van der Waals surface area contributed by atoms with Gasteiger partial charge in [0, 0.05) is 19.2 Å². The van der Waals surface area contributed by atoms with Gasteiger partial charge in [-0.1, -0.05) is 30.3 Å². The topological polar surface area (TPSA) is 41.5 Å². The molecule has 1 aromatic carbocycles. The van der Waals surface area contributed by atoms with Gasteiger partial charge in [-0.2, -0.15) is 0 Å². The van der Waals surface area contributed by atoms with Crippen LogP contribution in [0.2, 0.25) is 0 Å². The molecule has 0 bridgehead atoms. The molecular weight excluding hydrogens is 202 g/mol. The Morgan fingerprint density at radius 1 is 1.31 bits per heavy atom. The quantitative estimate of drug-likeness (QED) is 0.730. The summed E-state index contributed by atoms with van der Waals surface area (Å²) in [5, 5.41) is 12.4. The zero-order valence-electron chi connectivity index (χ0n) is 10.0. The first-order valence-corrected chi connectivity index (χ1v) is 5.66. The molecule has 90 valence electrons. The molecule has 0 radical (unpaired) electrons. The Balaban J connectivity index is 2.50. The largest absolute Gasteiger partial charge is 0.395 e. The van der Waals surface area contributed by atoms with Gasteiger partial charge in [0.2, 0.25) is 0 Å². The zero-order valence-corrected chi connectivity index (χ0v) is 10.0. The van der Waals surface area contributed by atoms with Gasteiger partial charge in [-0.3, -0.25) is 0 Å². The number of nitrogens with one attached hydrogen (secondary N) is 1. The lowest BCUT2D eigenvalue weighted by molar-refractivity contribution is 0.150. The molecule has 0 aliphatic carbocycles. The minimum Gasteiger partial charge on any atom is -0.395 e. The van der Waals surface area contributed by atoms with Gasteiger partial charge in [-0.25, -0.2) is 0 Å². The molecule has 0 fully saturated rings. The molecular formula is C13H21NO2. The van der Waals surface area contributed by atoms with Crippen molar-refractivity contribution >= 4 is 0 Å². The smallest absolute Gasteiger partial charge is 0.0619 e. The molecule has 1 rings (SSSR count). The molecule has 0 spiro atoms. The van der Waals surface area contributed by atoms with Crippen LogP contribution in [0.4, 0.5) is 0 Å². The molecule has 0 aliphatic rings. The second-order valence-electron chi connectivity index (χ2n) is 4.09. The Morgan fingerprint density at radius 2 is 2.00 bits per heavy atom. The summed E-state index contributed by atoms with van der Waals surface area (Å²) in [6, 6.07) is 10.6. The molecule has 2 atom stereocenters. The fourth-order valence-electron chi connectivity index (χ4n) is 1.72. The molecule has 1 aromatic rings. The van der Waals surface area contributed by atoms with Gasteiger partial charge < -0.3 is 15.2 Å². The van der Waals surface area contributed by atoms with Crippen molar-refractivity contribution in [3.63, 3.8) is 0 Å². The number of benzene rings is 1. The molecule has 16 heavy (non-hydrogen) atoms. The lowest BCUT2D eigenvalue weighted by atomic mass is 10.1. The second kappa shape index (κ2) is 7.39. The maximum absolute atomic E-state index is 9.01. The summed E-state index contributed by atoms with van der Waals surface area (Å²) in [6.45, 7) is 2.77. The highest BCUT2D eigenvalue weighted by Gasteiger charge is 2.11. The third-order valence-corrected chi connectivity index (χ3v) is 2.49. The number of ether oxygens (including phenoxy) is 1. The van der Waals surface area contributed by atoms with Gasteiger partial charge in [0.15, 0.2) is 0 Å². The van der Waals surface area contributed by atoms with Crippen LogP contribution in [0.1, 0.15) is 12.5 Å². The Morgan fingerprint density at radius 3 is 2.56 bits per heavy atom. The van der Waals surface area contributed by atoms with Crippen LogP contribution < -0.4 is 5.32 Å². The summed E-state index contributed by atoms with van der Waals surface area (Å²) >= 11 is 0. The van der Waals surface area contributed by atoms with Crippen molar-refractivity contribution in [1.29, 1.82) is 0 Å². The minimum absolute atomic E-state index is 0.101. The fourth-order valence-corrected chi connectivity index (χ4v) is 1.72. The molecule has 0 amide bonds. The number of rotatable bonds is 7. The van der Waals surface area contributed by atoms with Crippen LogP contribution in [-0.4, -0.2) is 37.5 Å². The molecule has 2 unspecified atom stereocenters. The number of methoxy groups -OCH3 is 1. The van der Waals surface area contributed by atoms with Crippen molar-refractivity contribution in [2.75, 3.05) is 20.3 Å². The molecule has 0 saturated carbocycles. The van der Waals surface area contributed by atoms with Crippen molar-refractivity contribution in [3.05, 3.63) is 35.9 Å². The van der Waals surface area contributed by atoms with Crippen LogP contribution in [0.15, 0.2) is 30.3 Å². The number of aliphatic hydroxyl groups excluding tert-OH is 1. The van der Waals surface area contributed by atoms with Crippen molar-refractivity contribution in [2.24, 2.45) is 0 Å². The van der Waals surface area contributed by atoms with Crippen LogP contribution in [0.3, 0.4) is 0 Å². The van der Waals surface area contributed by atoms with E-state index in [1.807, 2.05) is 25.1 Å². The number of hydrogen-bond donors (Lipinski definition) is 2. The average Bonchev–Trinajstić information content (AvgIpc) is 2.30. The first-order chi connectivity index (χ1) is 7.76. The fraction of sp³-hybridized carbons (Fsp3) is 0.538. The number of aliphatic hydroxyl groups is 1. The molecule has 0 saturated heterocycles. The van der Waals surface area contributed by atoms with E-state index in [4.69, 9.17) is 9.84 Å². The minimum atomic E-state index is 0.101. The Kier molecular flexibility index (Phi) is 6.08. The van der Waals surface area contributed by atoms with Gasteiger partial charge in [0.1, 0.15) is 0 Å². The molecule has 3 nitrogen and oxygen atoms in total. The van der Waals surface area contributed by atoms with Crippen LogP contribution >= 0.6 is 0 Å². The lowest BCUT2D eigenvalue weighted by Gasteiger charge is -2.21. The molecule has 3 heteroatoms. The van der Waals surface area contributed by atoms with Gasteiger partial charge in [0.05, 0.1) is 13.2 Å². The lowest BCUT2D eigenvalue weighted by Crippen LogP contribution is -2.42. The Hall–Kier alpha value is -0.900. The van der Waals surface area contributed by atoms with E-state index in [0.717, 1.165) is 6.42 Å². The summed E-state index contributed by atoms with van der Waals surface area (Å²) in [4.78, 5) is 0. The summed E-state index contributed by atoms with van der Waals surface area (Å²) in [7, 11) is 1.70. The van der Waals surface area contributed by atoms with E-state index in [0.29, 0.717) is 6.61 Å². The number of hydrogen-bond acceptors (Lipinski definition) is 3. The van der Waals surface area contributed by atoms with Crippen LogP contribution in [0.5, 0.6) is 0 Å². The summed E-state index contributed by atoms with van der Waals surface area (Å²) in [5.41, 5.74) is 1.28. The van der Waals surface area contributed by atoms with Gasteiger partial charge in [0.25, 0.3) is 0 Å². The SMILES string of the molecule is COCC(Cc1ccccc1)NC(C)CO. The van der Waals surface area contributed by atoms with Gasteiger partial charge in [-0.05, 0) is 18.9 Å². The Bertz CT molecular complexity index is 277. The first-order valence-electron chi connectivity index (χ1n) is 5.66. The first kappa shape index (κ1) is 13.2. The molecule has 0 aromatic heterocycles. The second-order valence-corrected chi connectivity index (χ2v) is 4.09. The van der Waals surface area contributed by atoms with Crippen molar-refractivity contribution in [2.45, 2.75) is 25.4 Å². The van der Waals surface area contributed by atoms with E-state index in [2.05, 4.69) is 17.4 Å². The predicted octanol–water partition coefficient (Wildman–Crippen LogP) is 1.21. The van der Waals surface area contributed by atoms with E-state index in [9.17, 15) is 0 Å². The van der Waals surface area contributed by atoms with Crippen LogP contribution in [-0.2, 0) is 11.2 Å². The highest BCUT2D eigenvalue weighted by Crippen LogP contribution is 2.04. The van der Waals surface area contributed by atoms with Gasteiger partial charge in [-0.15, -0.1) is 0 Å². The van der Waals surface area contributed by atoms with E-state index >= 15 is 0 Å². The third kappa shape index (κ3) is 4.75. The highest BCUT2D eigenvalue weighted by molar-refractivity contribution is 5.15. The average molecular weight is 223 g/mol. The van der Waals surface area contributed by atoms with Crippen LogP contribution in [0, 0.1) is 0 Å². The normalized spacial score (nSPS) is 14.7. The maximum Gasteiger partial charge on any atom is 0.0619 e. The zero-order chi connectivity index (χ0) is 11.8.